The van der Waals surface area contributed by atoms with E-state index in [0.29, 0.717) is 5.75 Å². The first-order valence-corrected chi connectivity index (χ1v) is 20.0. The van der Waals surface area contributed by atoms with Gasteiger partial charge in [-0.05, 0) is 54.1 Å². The normalized spacial score (nSPS) is 17.7. The maximum atomic E-state index is 14.4. The summed E-state index contributed by atoms with van der Waals surface area (Å²) >= 11 is 1.06. The summed E-state index contributed by atoms with van der Waals surface area (Å²) in [7, 11) is -4.55. The smallest absolute Gasteiger partial charge is 0.452 e. The van der Waals surface area contributed by atoms with Gasteiger partial charge < -0.3 is 23.3 Å². The van der Waals surface area contributed by atoms with Crippen LogP contribution in [0, 0.1) is 0 Å². The molecule has 1 fully saturated rings. The second-order valence-electron chi connectivity index (χ2n) is 12.4. The number of hydrogen-bond acceptors (Lipinski definition) is 13. The first-order valence-electron chi connectivity index (χ1n) is 17.6. The fraction of sp³-hybridized carbons (Fsp3) is 0.146. The molecular weight excluding hydrogens is 774 g/mol. The zero-order valence-electron chi connectivity index (χ0n) is 29.9. The lowest BCUT2D eigenvalue weighted by Gasteiger charge is -2.25. The van der Waals surface area contributed by atoms with Gasteiger partial charge in [-0.15, -0.1) is 0 Å². The molecule has 1 aliphatic heterocycles. The molecule has 1 N–H and O–H groups in total. The predicted octanol–water partition coefficient (Wildman–Crippen LogP) is 6.86. The number of benzene rings is 5. The number of carbonyl (C=O) groups is 2. The minimum atomic E-state index is -4.55. The molecule has 2 heterocycles. The first-order chi connectivity index (χ1) is 27.7. The van der Waals surface area contributed by atoms with Gasteiger partial charge in [0.1, 0.15) is 17.6 Å². The molecule has 1 saturated heterocycles. The van der Waals surface area contributed by atoms with Crippen molar-refractivity contribution in [3.63, 3.8) is 0 Å². The van der Waals surface area contributed by atoms with Crippen molar-refractivity contribution in [1.82, 2.24) is 14.8 Å². The van der Waals surface area contributed by atoms with Crippen LogP contribution in [-0.4, -0.2) is 51.6 Å². The van der Waals surface area contributed by atoms with Crippen molar-refractivity contribution in [1.29, 1.82) is 0 Å². The Morgan fingerprint density at radius 3 is 1.68 bits per heavy atom. The topological polar surface area (TPSA) is 174 Å². The van der Waals surface area contributed by atoms with E-state index in [1.165, 1.54) is 24.3 Å². The molecule has 16 heteroatoms. The van der Waals surface area contributed by atoms with Gasteiger partial charge >= 0.3 is 25.5 Å². The highest BCUT2D eigenvalue weighted by Crippen LogP contribution is 2.50. The SMILES string of the molecule is O=C(O[C@@H]1[C@H](OC(=O)c2ccccc2)[C@H](COP(=O)(Oc2ccccc2)Oc2ccccc2)O[C@@H]1n1nc(SCc2ccccc2)c(=O)[nH]c1=O)c1ccccc1. The number of esters is 2. The van der Waals surface area contributed by atoms with E-state index in [2.05, 4.69) is 10.1 Å². The van der Waals surface area contributed by atoms with Crippen molar-refractivity contribution >= 4 is 31.5 Å². The zero-order valence-corrected chi connectivity index (χ0v) is 31.6. The zero-order chi connectivity index (χ0) is 39.6. The third-order valence-electron chi connectivity index (χ3n) is 8.39. The minimum absolute atomic E-state index is 0.0928. The lowest BCUT2D eigenvalue weighted by atomic mass is 10.1. The van der Waals surface area contributed by atoms with E-state index in [9.17, 15) is 23.7 Å². The average Bonchev–Trinajstić information content (AvgIpc) is 3.56. The fourth-order valence-corrected chi connectivity index (χ4v) is 7.74. The number of thioether (sulfide) groups is 1. The molecule has 57 heavy (non-hydrogen) atoms. The molecule has 1 aromatic heterocycles. The molecule has 4 atom stereocenters. The molecule has 290 valence electrons. The van der Waals surface area contributed by atoms with Crippen LogP contribution >= 0.6 is 19.6 Å². The molecule has 0 amide bonds. The Balaban J connectivity index is 1.26. The highest BCUT2D eigenvalue weighted by atomic mass is 32.2. The van der Waals surface area contributed by atoms with Crippen LogP contribution in [0.1, 0.15) is 32.5 Å². The lowest BCUT2D eigenvalue weighted by molar-refractivity contribution is -0.0669. The summed E-state index contributed by atoms with van der Waals surface area (Å²) in [6, 6.07) is 41.7. The lowest BCUT2D eigenvalue weighted by Crippen LogP contribution is -2.44. The van der Waals surface area contributed by atoms with Gasteiger partial charge in [0, 0.05) is 5.75 Å². The maximum absolute atomic E-state index is 14.4. The standard InChI is InChI=1S/C41H34N3O11PS/c45-36-37(57-27-28-16-6-1-7-17-28)43-44(41(48)42-36)38-35(53-40(47)30-20-10-3-11-21-30)34(52-39(46)29-18-8-2-9-19-29)33(51-38)26-50-56(49,54-31-22-12-4-13-23-31)55-32-24-14-5-15-25-32/h1-25,33-35,38H,26-27H2,(H,42,45,48)/t33-,34+,35+,38-/m0/s1. The number of nitrogens with one attached hydrogen (secondary N) is 1. The van der Waals surface area contributed by atoms with Crippen LogP contribution in [0.4, 0.5) is 0 Å². The Morgan fingerprint density at radius 2 is 1.16 bits per heavy atom. The Labute approximate surface area is 329 Å². The van der Waals surface area contributed by atoms with Gasteiger partial charge in [-0.1, -0.05) is 115 Å². The van der Waals surface area contributed by atoms with Crippen molar-refractivity contribution in [2.24, 2.45) is 0 Å². The summed E-state index contributed by atoms with van der Waals surface area (Å²) in [4.78, 5) is 56.1. The predicted molar refractivity (Wildman–Crippen MR) is 208 cm³/mol. The van der Waals surface area contributed by atoms with Gasteiger partial charge in [0.15, 0.2) is 23.5 Å². The summed E-state index contributed by atoms with van der Waals surface area (Å²) < 4.78 is 51.0. The van der Waals surface area contributed by atoms with Crippen molar-refractivity contribution < 1.29 is 41.9 Å². The van der Waals surface area contributed by atoms with Gasteiger partial charge in [-0.25, -0.2) is 18.9 Å². The quantitative estimate of drug-likeness (QED) is 0.0649. The Kier molecular flexibility index (Phi) is 12.4. The molecular formula is C41H34N3O11PS. The van der Waals surface area contributed by atoms with E-state index in [-0.39, 0.29) is 27.7 Å². The van der Waals surface area contributed by atoms with Crippen LogP contribution in [0.25, 0.3) is 0 Å². The second kappa shape index (κ2) is 18.1. The van der Waals surface area contributed by atoms with Crippen LogP contribution in [0.3, 0.4) is 0 Å². The number of aromatic nitrogens is 3. The van der Waals surface area contributed by atoms with Gasteiger partial charge in [-0.3, -0.25) is 14.3 Å². The Morgan fingerprint density at radius 1 is 0.684 bits per heavy atom. The first kappa shape index (κ1) is 39.0. The number of carbonyl (C=O) groups excluding carboxylic acids is 2. The largest absolute Gasteiger partial charge is 0.587 e. The monoisotopic (exact) mass is 807 g/mol. The molecule has 0 radical (unpaired) electrons. The number of nitrogens with zero attached hydrogens (tertiary/aromatic N) is 2. The molecule has 7 rings (SSSR count). The van der Waals surface area contributed by atoms with E-state index >= 15 is 0 Å². The molecule has 0 saturated carbocycles. The number of aromatic amines is 1. The molecule has 6 aromatic rings. The van der Waals surface area contributed by atoms with E-state index in [1.54, 1.807) is 97.1 Å². The molecule has 0 bridgehead atoms. The summed E-state index contributed by atoms with van der Waals surface area (Å²) in [5.74, 6) is -1.03. The third kappa shape index (κ3) is 9.95. The average molecular weight is 808 g/mol. The summed E-state index contributed by atoms with van der Waals surface area (Å²) in [6.07, 6.45) is -6.10. The highest BCUT2D eigenvalue weighted by molar-refractivity contribution is 7.98. The van der Waals surface area contributed by atoms with Gasteiger partial charge in [0.25, 0.3) is 5.56 Å². The van der Waals surface area contributed by atoms with Crippen LogP contribution in [0.15, 0.2) is 166 Å². The maximum Gasteiger partial charge on any atom is 0.587 e. The number of phosphoric ester groups is 1. The number of hydrogen-bond donors (Lipinski definition) is 1. The Bertz CT molecular complexity index is 2400. The number of rotatable bonds is 15. The highest BCUT2D eigenvalue weighted by Gasteiger charge is 2.53. The van der Waals surface area contributed by atoms with Gasteiger partial charge in [-0.2, -0.15) is 9.78 Å². The second-order valence-corrected chi connectivity index (χ2v) is 14.9. The number of phosphoric acid groups is 1. The van der Waals surface area contributed by atoms with Gasteiger partial charge in [0.05, 0.1) is 17.7 Å². The van der Waals surface area contributed by atoms with E-state index in [1.807, 2.05) is 30.3 Å². The van der Waals surface area contributed by atoms with Gasteiger partial charge in [0.2, 0.25) is 0 Å². The third-order valence-corrected chi connectivity index (χ3v) is 10.7. The van der Waals surface area contributed by atoms with Crippen LogP contribution < -0.4 is 20.3 Å². The van der Waals surface area contributed by atoms with Crippen molar-refractivity contribution in [2.45, 2.75) is 35.3 Å². The fourth-order valence-electron chi connectivity index (χ4n) is 5.69. The van der Waals surface area contributed by atoms with Crippen molar-refractivity contribution in [3.05, 3.63) is 189 Å². The number of H-pyrrole nitrogens is 1. The molecule has 0 spiro atoms. The van der Waals surface area contributed by atoms with Crippen molar-refractivity contribution in [2.75, 3.05) is 6.61 Å². The van der Waals surface area contributed by atoms with Crippen LogP contribution in [0.5, 0.6) is 11.5 Å². The molecule has 5 aromatic carbocycles. The van der Waals surface area contributed by atoms with E-state index in [0.717, 1.165) is 22.0 Å². The molecule has 1 aliphatic rings. The van der Waals surface area contributed by atoms with E-state index in [4.69, 9.17) is 27.8 Å². The van der Waals surface area contributed by atoms with Crippen LogP contribution in [-0.2, 0) is 29.1 Å². The molecule has 14 nitrogen and oxygen atoms in total. The minimum Gasteiger partial charge on any atom is -0.452 e. The molecule has 0 unspecified atom stereocenters. The summed E-state index contributed by atoms with van der Waals surface area (Å²) in [6.45, 7) is -0.646. The molecule has 0 aliphatic carbocycles. The summed E-state index contributed by atoms with van der Waals surface area (Å²) in [5, 5.41) is 4.25. The van der Waals surface area contributed by atoms with Crippen LogP contribution in [0.2, 0.25) is 0 Å². The Hall–Kier alpha value is -6.25. The number of para-hydroxylation sites is 2. The van der Waals surface area contributed by atoms with Crippen molar-refractivity contribution in [3.8, 4) is 11.5 Å². The van der Waals surface area contributed by atoms with E-state index < -0.39 is 62.2 Å². The summed E-state index contributed by atoms with van der Waals surface area (Å²) in [5.41, 5.74) is -0.578. The number of ether oxygens (including phenoxy) is 3.